The highest BCUT2D eigenvalue weighted by Gasteiger charge is 2.33. The summed E-state index contributed by atoms with van der Waals surface area (Å²) in [7, 11) is 0. The van der Waals surface area contributed by atoms with E-state index in [1.807, 2.05) is 0 Å². The second kappa shape index (κ2) is 5.70. The van der Waals surface area contributed by atoms with Crippen molar-refractivity contribution in [3.8, 4) is 0 Å². The Labute approximate surface area is 111 Å². The lowest BCUT2D eigenvalue weighted by Gasteiger charge is -2.40. The molecule has 2 atom stereocenters. The fourth-order valence-electron chi connectivity index (χ4n) is 3.33. The normalized spacial score (nSPS) is 33.6. The van der Waals surface area contributed by atoms with Crippen molar-refractivity contribution < 1.29 is 9.53 Å². The smallest absolute Gasteiger partial charge is 0.137 e. The highest BCUT2D eigenvalue weighted by atomic mass is 16.5. The van der Waals surface area contributed by atoms with Crippen LogP contribution < -0.4 is 0 Å². The molecule has 2 aliphatic rings. The summed E-state index contributed by atoms with van der Waals surface area (Å²) >= 11 is 0. The summed E-state index contributed by atoms with van der Waals surface area (Å²) in [5, 5.41) is 0. The van der Waals surface area contributed by atoms with Crippen molar-refractivity contribution in [3.63, 3.8) is 0 Å². The van der Waals surface area contributed by atoms with Crippen LogP contribution in [0.25, 0.3) is 0 Å². The third-order valence-corrected chi connectivity index (χ3v) is 4.43. The number of carbonyl (C=O) groups excluding carboxylic acids is 1. The third-order valence-electron chi connectivity index (χ3n) is 4.43. The van der Waals surface area contributed by atoms with E-state index in [0.29, 0.717) is 5.78 Å². The van der Waals surface area contributed by atoms with Crippen LogP contribution in [-0.2, 0) is 9.53 Å². The van der Waals surface area contributed by atoms with Gasteiger partial charge in [0, 0.05) is 32.0 Å². The van der Waals surface area contributed by atoms with E-state index in [1.165, 1.54) is 6.42 Å². The number of nitrogens with zero attached hydrogens (tertiary/aromatic N) is 1. The zero-order valence-corrected chi connectivity index (χ0v) is 12.1. The summed E-state index contributed by atoms with van der Waals surface area (Å²) in [6.07, 6.45) is 4.24. The molecule has 0 amide bonds. The predicted molar refractivity (Wildman–Crippen MR) is 72.6 cm³/mol. The van der Waals surface area contributed by atoms with E-state index in [2.05, 4.69) is 25.7 Å². The number of hydrogen-bond donors (Lipinski definition) is 0. The van der Waals surface area contributed by atoms with Gasteiger partial charge in [0.1, 0.15) is 5.78 Å². The molecule has 1 aliphatic heterocycles. The first-order chi connectivity index (χ1) is 8.50. The van der Waals surface area contributed by atoms with Crippen molar-refractivity contribution in [2.24, 2.45) is 11.8 Å². The maximum Gasteiger partial charge on any atom is 0.137 e. The summed E-state index contributed by atoms with van der Waals surface area (Å²) in [4.78, 5) is 14.5. The van der Waals surface area contributed by atoms with Gasteiger partial charge >= 0.3 is 0 Å². The molecule has 2 unspecified atom stereocenters. The Balaban J connectivity index is 1.89. The van der Waals surface area contributed by atoms with E-state index in [9.17, 15) is 4.79 Å². The minimum absolute atomic E-state index is 0.0554. The zero-order valence-electron chi connectivity index (χ0n) is 12.1. The van der Waals surface area contributed by atoms with Crippen LogP contribution in [0.3, 0.4) is 0 Å². The van der Waals surface area contributed by atoms with Crippen LogP contribution >= 0.6 is 0 Å². The van der Waals surface area contributed by atoms with Gasteiger partial charge in [-0.05, 0) is 32.6 Å². The molecule has 0 N–H and O–H groups in total. The summed E-state index contributed by atoms with van der Waals surface area (Å²) in [6.45, 7) is 10.2. The number of hydrogen-bond acceptors (Lipinski definition) is 3. The van der Waals surface area contributed by atoms with Gasteiger partial charge in [-0.15, -0.1) is 0 Å². The van der Waals surface area contributed by atoms with Gasteiger partial charge in [-0.25, -0.2) is 0 Å². The number of ether oxygens (including phenoxy) is 1. The number of Topliss-reactive ketones (excluding diaryl/α,β-unsaturated/α-hetero) is 1. The zero-order chi connectivity index (χ0) is 13.2. The molecule has 1 saturated heterocycles. The molecule has 0 aromatic heterocycles. The van der Waals surface area contributed by atoms with Crippen LogP contribution in [0.5, 0.6) is 0 Å². The highest BCUT2D eigenvalue weighted by Crippen LogP contribution is 2.30. The molecule has 0 aromatic carbocycles. The van der Waals surface area contributed by atoms with E-state index in [0.717, 1.165) is 51.4 Å². The van der Waals surface area contributed by atoms with E-state index >= 15 is 0 Å². The topological polar surface area (TPSA) is 29.5 Å². The first kappa shape index (κ1) is 14.0. The molecule has 2 fully saturated rings. The van der Waals surface area contributed by atoms with Crippen LogP contribution in [0, 0.1) is 11.8 Å². The Bertz CT molecular complexity index is 301. The molecular weight excluding hydrogens is 226 g/mol. The number of ketones is 1. The quantitative estimate of drug-likeness (QED) is 0.774. The van der Waals surface area contributed by atoms with Gasteiger partial charge in [0.15, 0.2) is 0 Å². The van der Waals surface area contributed by atoms with Gasteiger partial charge in [0.25, 0.3) is 0 Å². The number of morpholine rings is 1. The monoisotopic (exact) mass is 253 g/mol. The van der Waals surface area contributed by atoms with Gasteiger partial charge in [0.05, 0.1) is 12.2 Å². The molecule has 0 bridgehead atoms. The lowest BCUT2D eigenvalue weighted by Crippen LogP contribution is -2.50. The van der Waals surface area contributed by atoms with Crippen LogP contribution in [0.4, 0.5) is 0 Å². The fraction of sp³-hybridized carbons (Fsp3) is 0.933. The highest BCUT2D eigenvalue weighted by molar-refractivity contribution is 5.81. The Hall–Kier alpha value is -0.410. The van der Waals surface area contributed by atoms with E-state index in [1.54, 1.807) is 0 Å². The molecule has 3 nitrogen and oxygen atoms in total. The fourth-order valence-corrected chi connectivity index (χ4v) is 3.33. The molecule has 0 spiro atoms. The van der Waals surface area contributed by atoms with Crippen molar-refractivity contribution in [2.45, 2.75) is 52.1 Å². The molecule has 1 saturated carbocycles. The molecular formula is C15H27NO2. The Kier molecular flexibility index (Phi) is 4.44. The summed E-state index contributed by atoms with van der Waals surface area (Å²) in [6, 6.07) is 0. The SMILES string of the molecule is CCC1CCC(=O)C(CN2CCOC(C)(C)C2)C1. The Morgan fingerprint density at radius 1 is 1.44 bits per heavy atom. The van der Waals surface area contributed by atoms with Crippen molar-refractivity contribution in [1.29, 1.82) is 0 Å². The van der Waals surface area contributed by atoms with Gasteiger partial charge in [-0.3, -0.25) is 9.69 Å². The average molecular weight is 253 g/mol. The molecule has 18 heavy (non-hydrogen) atoms. The minimum atomic E-state index is -0.0554. The van der Waals surface area contributed by atoms with Crippen LogP contribution in [0.15, 0.2) is 0 Å². The lowest BCUT2D eigenvalue weighted by molar-refractivity contribution is -0.129. The molecule has 1 heterocycles. The van der Waals surface area contributed by atoms with Gasteiger partial charge in [-0.1, -0.05) is 13.3 Å². The predicted octanol–water partition coefficient (Wildman–Crippen LogP) is 2.49. The van der Waals surface area contributed by atoms with E-state index in [-0.39, 0.29) is 11.5 Å². The second-order valence-corrected chi connectivity index (χ2v) is 6.56. The van der Waals surface area contributed by atoms with Gasteiger partial charge < -0.3 is 4.74 Å². The average Bonchev–Trinajstić information content (AvgIpc) is 2.31. The first-order valence-electron chi connectivity index (χ1n) is 7.39. The largest absolute Gasteiger partial charge is 0.373 e. The maximum atomic E-state index is 12.0. The Morgan fingerprint density at radius 2 is 2.22 bits per heavy atom. The standard InChI is InChI=1S/C15H27NO2/c1-4-12-5-6-14(17)13(9-12)10-16-7-8-18-15(2,3)11-16/h12-13H,4-11H2,1-3H3. The summed E-state index contributed by atoms with van der Waals surface area (Å²) < 4.78 is 5.73. The van der Waals surface area contributed by atoms with Crippen molar-refractivity contribution in [2.75, 3.05) is 26.2 Å². The molecule has 2 rings (SSSR count). The number of carbonyl (C=O) groups is 1. The lowest BCUT2D eigenvalue weighted by atomic mass is 9.79. The molecule has 1 aliphatic carbocycles. The number of rotatable bonds is 3. The minimum Gasteiger partial charge on any atom is -0.373 e. The molecule has 104 valence electrons. The van der Waals surface area contributed by atoms with Gasteiger partial charge in [0.2, 0.25) is 0 Å². The maximum absolute atomic E-state index is 12.0. The first-order valence-corrected chi connectivity index (χ1v) is 7.39. The van der Waals surface area contributed by atoms with Crippen molar-refractivity contribution >= 4 is 5.78 Å². The second-order valence-electron chi connectivity index (χ2n) is 6.56. The molecule has 0 radical (unpaired) electrons. The van der Waals surface area contributed by atoms with Crippen LogP contribution in [0.2, 0.25) is 0 Å². The van der Waals surface area contributed by atoms with Crippen molar-refractivity contribution in [1.82, 2.24) is 4.90 Å². The van der Waals surface area contributed by atoms with Gasteiger partial charge in [-0.2, -0.15) is 0 Å². The third kappa shape index (κ3) is 3.55. The van der Waals surface area contributed by atoms with E-state index < -0.39 is 0 Å². The Morgan fingerprint density at radius 3 is 2.89 bits per heavy atom. The summed E-state index contributed by atoms with van der Waals surface area (Å²) in [5.74, 6) is 1.53. The molecule has 0 aromatic rings. The molecule has 3 heteroatoms. The van der Waals surface area contributed by atoms with Crippen LogP contribution in [-0.4, -0.2) is 42.5 Å². The van der Waals surface area contributed by atoms with Crippen molar-refractivity contribution in [3.05, 3.63) is 0 Å². The summed E-state index contributed by atoms with van der Waals surface area (Å²) in [5.41, 5.74) is -0.0554. The van der Waals surface area contributed by atoms with E-state index in [4.69, 9.17) is 4.74 Å². The van der Waals surface area contributed by atoms with Crippen LogP contribution in [0.1, 0.15) is 46.5 Å².